The Bertz CT molecular complexity index is 1060. The van der Waals surface area contributed by atoms with Crippen LogP contribution in [0, 0.1) is 13.8 Å². The quantitative estimate of drug-likeness (QED) is 0.500. The van der Waals surface area contributed by atoms with E-state index in [-0.39, 0.29) is 5.91 Å². The summed E-state index contributed by atoms with van der Waals surface area (Å²) in [6.07, 6.45) is 1.95. The van der Waals surface area contributed by atoms with Crippen LogP contribution in [0.4, 0.5) is 5.69 Å². The van der Waals surface area contributed by atoms with E-state index in [1.165, 1.54) is 0 Å². The molecule has 0 radical (unpaired) electrons. The molecular formula is C21H16BrClN2O. The summed E-state index contributed by atoms with van der Waals surface area (Å²) in [4.78, 5) is 12.4. The number of carbonyl (C=O) groups is 1. The molecule has 26 heavy (non-hydrogen) atoms. The van der Waals surface area contributed by atoms with E-state index in [0.717, 1.165) is 38.4 Å². The van der Waals surface area contributed by atoms with Gasteiger partial charge in [-0.2, -0.15) is 0 Å². The van der Waals surface area contributed by atoms with E-state index in [9.17, 15) is 4.79 Å². The molecule has 0 bridgehead atoms. The first kappa shape index (κ1) is 17.1. The second kappa shape index (κ2) is 6.45. The highest BCUT2D eigenvalue weighted by Gasteiger charge is 2.24. The second-order valence-electron chi connectivity index (χ2n) is 6.34. The maximum absolute atomic E-state index is 12.4. The number of fused-ring (bicyclic) bond motifs is 1. The molecule has 3 aromatic rings. The monoisotopic (exact) mass is 426 g/mol. The maximum atomic E-state index is 12.4. The smallest absolute Gasteiger partial charge is 0.256 e. The number of nitrogens with one attached hydrogen (secondary N) is 1. The molecule has 2 heterocycles. The fourth-order valence-electron chi connectivity index (χ4n) is 3.39. The van der Waals surface area contributed by atoms with Crippen LogP contribution in [0.25, 0.3) is 17.3 Å². The van der Waals surface area contributed by atoms with Gasteiger partial charge in [0.1, 0.15) is 0 Å². The Morgan fingerprint density at radius 2 is 1.81 bits per heavy atom. The van der Waals surface area contributed by atoms with Crippen molar-refractivity contribution in [1.29, 1.82) is 0 Å². The van der Waals surface area contributed by atoms with Crippen LogP contribution < -0.4 is 5.32 Å². The van der Waals surface area contributed by atoms with Crippen molar-refractivity contribution >= 4 is 50.8 Å². The first-order chi connectivity index (χ1) is 12.4. The highest BCUT2D eigenvalue weighted by molar-refractivity contribution is 9.10. The van der Waals surface area contributed by atoms with Crippen LogP contribution in [-0.4, -0.2) is 10.5 Å². The lowest BCUT2D eigenvalue weighted by Gasteiger charge is -2.09. The molecule has 3 nitrogen and oxygen atoms in total. The summed E-state index contributed by atoms with van der Waals surface area (Å²) in [5, 5.41) is 3.49. The number of hydrogen-bond acceptors (Lipinski definition) is 1. The van der Waals surface area contributed by atoms with Gasteiger partial charge in [-0.25, -0.2) is 0 Å². The van der Waals surface area contributed by atoms with E-state index < -0.39 is 0 Å². The predicted molar refractivity (Wildman–Crippen MR) is 111 cm³/mol. The van der Waals surface area contributed by atoms with E-state index >= 15 is 0 Å². The molecular weight excluding hydrogens is 412 g/mol. The Morgan fingerprint density at radius 1 is 1.08 bits per heavy atom. The minimum atomic E-state index is -0.101. The van der Waals surface area contributed by atoms with Crippen molar-refractivity contribution in [3.05, 3.63) is 80.5 Å². The summed E-state index contributed by atoms with van der Waals surface area (Å²) in [7, 11) is 0. The largest absolute Gasteiger partial charge is 0.321 e. The normalized spacial score (nSPS) is 14.6. The number of carbonyl (C=O) groups excluding carboxylic acids is 1. The van der Waals surface area contributed by atoms with E-state index in [1.807, 2.05) is 24.3 Å². The fourth-order valence-corrected chi connectivity index (χ4v) is 3.82. The van der Waals surface area contributed by atoms with Crippen LogP contribution in [0.5, 0.6) is 0 Å². The van der Waals surface area contributed by atoms with Crippen LogP contribution in [0.2, 0.25) is 5.02 Å². The molecule has 4 rings (SSSR count). The Balaban J connectivity index is 1.81. The third-order valence-electron chi connectivity index (χ3n) is 4.62. The lowest BCUT2D eigenvalue weighted by atomic mass is 10.0. The van der Waals surface area contributed by atoms with Crippen molar-refractivity contribution in [2.45, 2.75) is 13.8 Å². The van der Waals surface area contributed by atoms with Gasteiger partial charge in [0, 0.05) is 37.7 Å². The van der Waals surface area contributed by atoms with E-state index in [1.54, 1.807) is 12.1 Å². The highest BCUT2D eigenvalue weighted by Crippen LogP contribution is 2.36. The van der Waals surface area contributed by atoms with Crippen LogP contribution in [0.1, 0.15) is 22.5 Å². The molecule has 1 aliphatic heterocycles. The van der Waals surface area contributed by atoms with Crippen molar-refractivity contribution in [2.75, 3.05) is 5.32 Å². The topological polar surface area (TPSA) is 34.0 Å². The van der Waals surface area contributed by atoms with Crippen LogP contribution >= 0.6 is 27.5 Å². The number of amides is 1. The van der Waals surface area contributed by atoms with Crippen LogP contribution in [-0.2, 0) is 4.79 Å². The number of aryl methyl sites for hydroxylation is 1. The van der Waals surface area contributed by atoms with Gasteiger partial charge in [-0.15, -0.1) is 0 Å². The second-order valence-corrected chi connectivity index (χ2v) is 7.69. The Hall–Kier alpha value is -2.30. The lowest BCUT2D eigenvalue weighted by Crippen LogP contribution is -2.03. The van der Waals surface area contributed by atoms with Crippen molar-refractivity contribution in [3.8, 4) is 5.69 Å². The van der Waals surface area contributed by atoms with Gasteiger partial charge >= 0.3 is 0 Å². The summed E-state index contributed by atoms with van der Waals surface area (Å²) >= 11 is 9.50. The van der Waals surface area contributed by atoms with Crippen LogP contribution in [0.15, 0.2) is 53.0 Å². The third kappa shape index (κ3) is 2.89. The molecule has 0 aliphatic carbocycles. The summed E-state index contributed by atoms with van der Waals surface area (Å²) in [6, 6.07) is 15.8. The van der Waals surface area contributed by atoms with Crippen molar-refractivity contribution in [1.82, 2.24) is 4.57 Å². The number of hydrogen-bond donors (Lipinski definition) is 1. The van der Waals surface area contributed by atoms with E-state index in [0.29, 0.717) is 10.6 Å². The number of halogens is 2. The molecule has 0 fully saturated rings. The number of benzene rings is 2. The van der Waals surface area contributed by atoms with Gasteiger partial charge in [-0.05, 0) is 68.0 Å². The average Bonchev–Trinajstić information content (AvgIpc) is 3.05. The highest BCUT2D eigenvalue weighted by atomic mass is 79.9. The zero-order valence-electron chi connectivity index (χ0n) is 14.3. The molecule has 2 aromatic carbocycles. The Kier molecular flexibility index (Phi) is 4.25. The summed E-state index contributed by atoms with van der Waals surface area (Å²) < 4.78 is 3.23. The molecule has 1 aliphatic rings. The Morgan fingerprint density at radius 3 is 2.54 bits per heavy atom. The van der Waals surface area contributed by atoms with E-state index in [4.69, 9.17) is 11.6 Å². The molecule has 130 valence electrons. The Labute approximate surface area is 165 Å². The molecule has 0 unspecified atom stereocenters. The fraction of sp³-hybridized carbons (Fsp3) is 0.0952. The maximum Gasteiger partial charge on any atom is 0.256 e. The predicted octanol–water partition coefficient (Wildman–Crippen LogP) is 6.00. The van der Waals surface area contributed by atoms with Gasteiger partial charge in [0.2, 0.25) is 0 Å². The standard InChI is InChI=1S/C21H16BrClN2O/c1-12-9-14(13(2)25(12)17-6-3-15(22)4-7-17)10-19-18-8-5-16(23)11-20(18)24-21(19)26/h3-11H,1-2H3,(H,24,26)/b19-10+. The zero-order chi connectivity index (χ0) is 18.4. The van der Waals surface area contributed by atoms with Gasteiger partial charge in [0.15, 0.2) is 0 Å². The van der Waals surface area contributed by atoms with Gasteiger partial charge in [0.05, 0.1) is 5.69 Å². The molecule has 1 N–H and O–H groups in total. The summed E-state index contributed by atoms with van der Waals surface area (Å²) in [5.41, 5.74) is 6.63. The van der Waals surface area contributed by atoms with Crippen molar-refractivity contribution in [3.63, 3.8) is 0 Å². The molecule has 1 aromatic heterocycles. The third-order valence-corrected chi connectivity index (χ3v) is 5.38. The number of rotatable bonds is 2. The number of aromatic nitrogens is 1. The SMILES string of the molecule is Cc1cc(/C=C2/C(=O)Nc3cc(Cl)ccc32)c(C)n1-c1ccc(Br)cc1. The van der Waals surface area contributed by atoms with Gasteiger partial charge in [0.25, 0.3) is 5.91 Å². The summed E-state index contributed by atoms with van der Waals surface area (Å²) in [5.74, 6) is -0.101. The summed E-state index contributed by atoms with van der Waals surface area (Å²) in [6.45, 7) is 4.14. The first-order valence-electron chi connectivity index (χ1n) is 8.22. The molecule has 0 saturated carbocycles. The molecule has 1 amide bonds. The van der Waals surface area contributed by atoms with Gasteiger partial charge in [-0.3, -0.25) is 4.79 Å². The number of nitrogens with zero attached hydrogens (tertiary/aromatic N) is 1. The van der Waals surface area contributed by atoms with E-state index in [2.05, 4.69) is 57.9 Å². The lowest BCUT2D eigenvalue weighted by molar-refractivity contribution is -0.110. The molecule has 5 heteroatoms. The zero-order valence-corrected chi connectivity index (χ0v) is 16.6. The minimum absolute atomic E-state index is 0.101. The van der Waals surface area contributed by atoms with Crippen molar-refractivity contribution in [2.24, 2.45) is 0 Å². The average molecular weight is 428 g/mol. The van der Waals surface area contributed by atoms with Crippen LogP contribution in [0.3, 0.4) is 0 Å². The first-order valence-corrected chi connectivity index (χ1v) is 9.39. The van der Waals surface area contributed by atoms with Gasteiger partial charge < -0.3 is 9.88 Å². The van der Waals surface area contributed by atoms with Gasteiger partial charge in [-0.1, -0.05) is 33.6 Å². The number of anilines is 1. The minimum Gasteiger partial charge on any atom is -0.321 e. The molecule has 0 atom stereocenters. The molecule has 0 spiro atoms. The molecule has 0 saturated heterocycles. The van der Waals surface area contributed by atoms with Crippen molar-refractivity contribution < 1.29 is 4.79 Å².